The van der Waals surface area contributed by atoms with E-state index in [-0.39, 0.29) is 18.8 Å². The lowest BCUT2D eigenvalue weighted by Gasteiger charge is -1.96. The molecule has 0 atom stereocenters. The van der Waals surface area contributed by atoms with Gasteiger partial charge in [0.15, 0.2) is 0 Å². The molecule has 104 valence electrons. The van der Waals surface area contributed by atoms with Crippen molar-refractivity contribution in [3.63, 3.8) is 0 Å². The monoisotopic (exact) mass is 260 g/mol. The highest BCUT2D eigenvalue weighted by Gasteiger charge is 1.91. The first-order chi connectivity index (χ1) is 9.31. The van der Waals surface area contributed by atoms with E-state index in [4.69, 9.17) is 5.11 Å². The summed E-state index contributed by atoms with van der Waals surface area (Å²) in [6.07, 6.45) is 12.8. The van der Waals surface area contributed by atoms with Crippen molar-refractivity contribution in [2.45, 2.75) is 58.3 Å². The Bertz CT molecular complexity index is 372. The van der Waals surface area contributed by atoms with Crippen LogP contribution in [0, 0.1) is 23.7 Å². The summed E-state index contributed by atoms with van der Waals surface area (Å²) in [7, 11) is 0. The van der Waals surface area contributed by atoms with E-state index in [2.05, 4.69) is 30.6 Å². The number of Topliss-reactive ketones (excluding diaryl/α,β-unsaturated/α-hetero) is 1. The van der Waals surface area contributed by atoms with Gasteiger partial charge in [-0.2, -0.15) is 0 Å². The molecule has 0 aliphatic heterocycles. The zero-order chi connectivity index (χ0) is 14.2. The molecule has 0 bridgehead atoms. The topological polar surface area (TPSA) is 37.3 Å². The minimum Gasteiger partial charge on any atom is -0.396 e. The Hall–Kier alpha value is -1.51. The highest BCUT2D eigenvalue weighted by atomic mass is 16.3. The Morgan fingerprint density at radius 1 is 1.11 bits per heavy atom. The van der Waals surface area contributed by atoms with Gasteiger partial charge in [-0.3, -0.25) is 4.79 Å². The Labute approximate surface area is 117 Å². The molecule has 0 aliphatic rings. The van der Waals surface area contributed by atoms with Gasteiger partial charge in [0.25, 0.3) is 0 Å². The van der Waals surface area contributed by atoms with Crippen molar-refractivity contribution in [1.29, 1.82) is 0 Å². The van der Waals surface area contributed by atoms with Crippen molar-refractivity contribution in [1.82, 2.24) is 0 Å². The van der Waals surface area contributed by atoms with Crippen molar-refractivity contribution >= 4 is 5.78 Å². The van der Waals surface area contributed by atoms with E-state index in [9.17, 15) is 4.79 Å². The molecule has 0 aromatic heterocycles. The summed E-state index contributed by atoms with van der Waals surface area (Å²) in [4.78, 5) is 10.9. The summed E-state index contributed by atoms with van der Waals surface area (Å²) in [5, 5.41) is 8.49. The van der Waals surface area contributed by atoms with Crippen LogP contribution in [0.1, 0.15) is 58.3 Å². The van der Waals surface area contributed by atoms with Crippen LogP contribution in [0.25, 0.3) is 0 Å². The molecular weight excluding hydrogens is 236 g/mol. The second-order valence-electron chi connectivity index (χ2n) is 4.37. The van der Waals surface area contributed by atoms with Gasteiger partial charge in [0.2, 0.25) is 5.78 Å². The lowest BCUT2D eigenvalue weighted by molar-refractivity contribution is -0.114. The van der Waals surface area contributed by atoms with Gasteiger partial charge in [-0.1, -0.05) is 51.0 Å². The standard InChI is InChI=1S/C17H24O2/c1-2-3-4-5-6-7-8-9-10-11-12-13-14-17(19)15-16-18/h9-10,18H,2-8,15-16H2,1H3. The minimum absolute atomic E-state index is 0.0859. The summed E-state index contributed by atoms with van der Waals surface area (Å²) < 4.78 is 0. The van der Waals surface area contributed by atoms with E-state index in [0.29, 0.717) is 0 Å². The molecule has 0 unspecified atom stereocenters. The van der Waals surface area contributed by atoms with Gasteiger partial charge in [-0.25, -0.2) is 0 Å². The molecule has 0 aromatic carbocycles. The fourth-order valence-corrected chi connectivity index (χ4v) is 1.53. The average Bonchev–Trinajstić information content (AvgIpc) is 2.40. The van der Waals surface area contributed by atoms with E-state index >= 15 is 0 Å². The molecule has 0 saturated carbocycles. The first kappa shape index (κ1) is 17.5. The Kier molecular flexibility index (Phi) is 13.4. The molecule has 0 rings (SSSR count). The van der Waals surface area contributed by atoms with E-state index in [1.807, 2.05) is 6.08 Å². The molecule has 0 fully saturated rings. The van der Waals surface area contributed by atoms with Crippen LogP contribution < -0.4 is 0 Å². The quantitative estimate of drug-likeness (QED) is 0.392. The number of hydrogen-bond donors (Lipinski definition) is 1. The average molecular weight is 260 g/mol. The Morgan fingerprint density at radius 2 is 1.84 bits per heavy atom. The molecule has 2 heteroatoms. The van der Waals surface area contributed by atoms with Gasteiger partial charge in [0, 0.05) is 6.42 Å². The van der Waals surface area contributed by atoms with Crippen molar-refractivity contribution < 1.29 is 9.90 Å². The van der Waals surface area contributed by atoms with Crippen molar-refractivity contribution in [2.75, 3.05) is 6.61 Å². The van der Waals surface area contributed by atoms with Gasteiger partial charge in [0.05, 0.1) is 6.61 Å². The number of hydrogen-bond acceptors (Lipinski definition) is 2. The number of allylic oxidation sites excluding steroid dienone is 2. The van der Waals surface area contributed by atoms with Crippen LogP contribution in [0.4, 0.5) is 0 Å². The maximum Gasteiger partial charge on any atom is 0.208 e. The third-order valence-electron chi connectivity index (χ3n) is 2.60. The zero-order valence-electron chi connectivity index (χ0n) is 11.9. The van der Waals surface area contributed by atoms with Crippen molar-refractivity contribution in [3.05, 3.63) is 12.2 Å². The summed E-state index contributed by atoms with van der Waals surface area (Å²) in [6.45, 7) is 2.07. The molecule has 0 spiro atoms. The maximum absolute atomic E-state index is 10.9. The molecule has 19 heavy (non-hydrogen) atoms. The van der Waals surface area contributed by atoms with E-state index in [0.717, 1.165) is 6.42 Å². The molecule has 0 heterocycles. The summed E-state index contributed by atoms with van der Waals surface area (Å²) in [5.74, 6) is 9.93. The normalized spacial score (nSPS) is 9.58. The highest BCUT2D eigenvalue weighted by Crippen LogP contribution is 2.06. The second kappa shape index (κ2) is 14.6. The number of carbonyl (C=O) groups excluding carboxylic acids is 1. The molecule has 0 saturated heterocycles. The van der Waals surface area contributed by atoms with E-state index in [1.165, 1.54) is 38.5 Å². The number of aliphatic hydroxyl groups excluding tert-OH is 1. The van der Waals surface area contributed by atoms with Crippen LogP contribution in [0.2, 0.25) is 0 Å². The van der Waals surface area contributed by atoms with Crippen LogP contribution in [0.3, 0.4) is 0 Å². The van der Waals surface area contributed by atoms with Gasteiger partial charge in [-0.15, -0.1) is 0 Å². The van der Waals surface area contributed by atoms with Crippen molar-refractivity contribution in [3.8, 4) is 23.7 Å². The smallest absolute Gasteiger partial charge is 0.208 e. The third kappa shape index (κ3) is 14.4. The third-order valence-corrected chi connectivity index (χ3v) is 2.60. The SMILES string of the molecule is CCCCCCCCC=CC#CC#CC(=O)CCO. The first-order valence-corrected chi connectivity index (χ1v) is 7.11. The molecule has 0 aliphatic carbocycles. The predicted molar refractivity (Wildman–Crippen MR) is 79.4 cm³/mol. The Balaban J connectivity index is 3.55. The highest BCUT2D eigenvalue weighted by molar-refractivity contribution is 5.95. The van der Waals surface area contributed by atoms with E-state index < -0.39 is 0 Å². The molecule has 0 amide bonds. The summed E-state index contributed by atoms with van der Waals surface area (Å²) in [5.41, 5.74) is 0. The number of rotatable bonds is 9. The van der Waals surface area contributed by atoms with Gasteiger partial charge >= 0.3 is 0 Å². The second-order valence-corrected chi connectivity index (χ2v) is 4.37. The van der Waals surface area contributed by atoms with E-state index in [1.54, 1.807) is 6.08 Å². The molecule has 0 radical (unpaired) electrons. The van der Waals surface area contributed by atoms with Gasteiger partial charge in [-0.05, 0) is 36.7 Å². The van der Waals surface area contributed by atoms with Crippen LogP contribution in [-0.4, -0.2) is 17.5 Å². The van der Waals surface area contributed by atoms with Crippen LogP contribution in [-0.2, 0) is 4.79 Å². The van der Waals surface area contributed by atoms with Crippen molar-refractivity contribution in [2.24, 2.45) is 0 Å². The molecule has 2 nitrogen and oxygen atoms in total. The first-order valence-electron chi connectivity index (χ1n) is 7.11. The maximum atomic E-state index is 10.9. The zero-order valence-corrected chi connectivity index (χ0v) is 11.9. The number of ketones is 1. The lowest BCUT2D eigenvalue weighted by Crippen LogP contribution is -1.95. The minimum atomic E-state index is -0.271. The molecular formula is C17H24O2. The summed E-state index contributed by atoms with van der Waals surface area (Å²) >= 11 is 0. The fourth-order valence-electron chi connectivity index (χ4n) is 1.53. The number of unbranched alkanes of at least 4 members (excludes halogenated alkanes) is 6. The van der Waals surface area contributed by atoms with Crippen LogP contribution in [0.5, 0.6) is 0 Å². The Morgan fingerprint density at radius 3 is 2.58 bits per heavy atom. The van der Waals surface area contributed by atoms with Gasteiger partial charge in [0.1, 0.15) is 0 Å². The molecule has 1 N–H and O–H groups in total. The number of aliphatic hydroxyl groups is 1. The van der Waals surface area contributed by atoms with Crippen LogP contribution >= 0.6 is 0 Å². The van der Waals surface area contributed by atoms with Crippen LogP contribution in [0.15, 0.2) is 12.2 Å². The molecule has 0 aromatic rings. The number of carbonyl (C=O) groups is 1. The van der Waals surface area contributed by atoms with Gasteiger partial charge < -0.3 is 5.11 Å². The predicted octanol–water partition coefficient (Wildman–Crippen LogP) is 3.25. The lowest BCUT2D eigenvalue weighted by atomic mass is 10.1. The summed E-state index contributed by atoms with van der Waals surface area (Å²) in [6, 6.07) is 0. The largest absolute Gasteiger partial charge is 0.396 e. The fraction of sp³-hybridized carbons (Fsp3) is 0.588.